The Morgan fingerprint density at radius 2 is 2.04 bits per heavy atom. The quantitative estimate of drug-likeness (QED) is 0.919. The second-order valence-electron chi connectivity index (χ2n) is 7.01. The van der Waals surface area contributed by atoms with Crippen molar-refractivity contribution >= 4 is 17.5 Å². The van der Waals surface area contributed by atoms with Crippen molar-refractivity contribution in [2.45, 2.75) is 43.4 Å². The van der Waals surface area contributed by atoms with Crippen LogP contribution in [0, 0.1) is 0 Å². The number of nitrogens with zero attached hydrogens (tertiary/aromatic N) is 2. The van der Waals surface area contributed by atoms with E-state index in [-0.39, 0.29) is 11.3 Å². The van der Waals surface area contributed by atoms with Crippen molar-refractivity contribution in [3.05, 3.63) is 53.1 Å². The summed E-state index contributed by atoms with van der Waals surface area (Å²) >= 11 is 6.02. The first kappa shape index (κ1) is 15.7. The molecular formula is C19H22ClN3O. The van der Waals surface area contributed by atoms with Gasteiger partial charge in [0, 0.05) is 36.4 Å². The molecule has 0 unspecified atom stereocenters. The van der Waals surface area contributed by atoms with Gasteiger partial charge in [0.05, 0.1) is 5.41 Å². The molecule has 5 heteroatoms. The fourth-order valence-corrected chi connectivity index (χ4v) is 4.24. The standard InChI is InChI=1S/C19H22ClN3O/c20-16-6-4-15(5-7-16)19(8-2-9-19)18(24)23-12-1-3-14(13-23)17-21-10-11-22-17/h4-7,10-11,14H,1-3,8-9,12-13H2,(H,21,22)/t14-/m0/s1. The highest BCUT2D eigenvalue weighted by molar-refractivity contribution is 6.30. The lowest BCUT2D eigenvalue weighted by Crippen LogP contribution is -2.53. The number of H-pyrrole nitrogens is 1. The first-order valence-electron chi connectivity index (χ1n) is 8.74. The van der Waals surface area contributed by atoms with Crippen LogP contribution in [0.25, 0.3) is 0 Å². The van der Waals surface area contributed by atoms with Gasteiger partial charge in [0.15, 0.2) is 0 Å². The Bertz CT molecular complexity index is 707. The number of piperidine rings is 1. The van der Waals surface area contributed by atoms with Crippen LogP contribution in [0.1, 0.15) is 49.4 Å². The molecule has 1 N–H and O–H groups in total. The second kappa shape index (κ2) is 6.25. The van der Waals surface area contributed by atoms with Crippen LogP contribution in [0.2, 0.25) is 5.02 Å². The van der Waals surface area contributed by atoms with Crippen molar-refractivity contribution in [1.82, 2.24) is 14.9 Å². The third-order valence-electron chi connectivity index (χ3n) is 5.63. The zero-order valence-electron chi connectivity index (χ0n) is 13.7. The molecule has 1 saturated carbocycles. The minimum absolute atomic E-state index is 0.285. The van der Waals surface area contributed by atoms with Crippen LogP contribution in [0.4, 0.5) is 0 Å². The van der Waals surface area contributed by atoms with Crippen molar-refractivity contribution in [2.24, 2.45) is 0 Å². The van der Waals surface area contributed by atoms with Gasteiger partial charge in [0.1, 0.15) is 5.82 Å². The van der Waals surface area contributed by atoms with Crippen molar-refractivity contribution in [1.29, 1.82) is 0 Å². The minimum Gasteiger partial charge on any atom is -0.348 e. The van der Waals surface area contributed by atoms with Gasteiger partial charge in [-0.2, -0.15) is 0 Å². The number of benzene rings is 1. The van der Waals surface area contributed by atoms with E-state index >= 15 is 0 Å². The average molecular weight is 344 g/mol. The van der Waals surface area contributed by atoms with Crippen molar-refractivity contribution in [3.63, 3.8) is 0 Å². The Hall–Kier alpha value is -1.81. The van der Waals surface area contributed by atoms with Gasteiger partial charge in [-0.1, -0.05) is 30.2 Å². The minimum atomic E-state index is -0.338. The zero-order chi connectivity index (χ0) is 16.6. The Morgan fingerprint density at radius 3 is 2.67 bits per heavy atom. The number of imidazole rings is 1. The molecule has 2 heterocycles. The van der Waals surface area contributed by atoms with Crippen molar-refractivity contribution in [3.8, 4) is 0 Å². The summed E-state index contributed by atoms with van der Waals surface area (Å²) in [5.74, 6) is 1.61. The molecule has 1 atom stereocenters. The highest BCUT2D eigenvalue weighted by Crippen LogP contribution is 2.46. The van der Waals surface area contributed by atoms with Gasteiger partial charge in [-0.05, 0) is 43.4 Å². The molecule has 4 nitrogen and oxygen atoms in total. The van der Waals surface area contributed by atoms with Crippen molar-refractivity contribution < 1.29 is 4.79 Å². The maximum absolute atomic E-state index is 13.4. The summed E-state index contributed by atoms with van der Waals surface area (Å²) in [4.78, 5) is 23.0. The SMILES string of the molecule is O=C(N1CCC[C@H](c2ncc[nH]2)C1)C1(c2ccc(Cl)cc2)CCC1. The lowest BCUT2D eigenvalue weighted by molar-refractivity contribution is -0.142. The fraction of sp³-hybridized carbons (Fsp3) is 0.474. The number of hydrogen-bond donors (Lipinski definition) is 1. The largest absolute Gasteiger partial charge is 0.348 e. The number of rotatable bonds is 3. The van der Waals surface area contributed by atoms with Gasteiger partial charge in [-0.3, -0.25) is 4.79 Å². The summed E-state index contributed by atoms with van der Waals surface area (Å²) in [5.41, 5.74) is 0.776. The molecule has 0 radical (unpaired) electrons. The number of aromatic amines is 1. The smallest absolute Gasteiger partial charge is 0.233 e. The van der Waals surface area contributed by atoms with E-state index in [1.54, 1.807) is 6.20 Å². The molecule has 4 rings (SSSR count). The molecule has 1 aromatic heterocycles. The van der Waals surface area contributed by atoms with Crippen LogP contribution in [-0.2, 0) is 10.2 Å². The molecule has 1 aliphatic carbocycles. The maximum atomic E-state index is 13.4. The number of amides is 1. The van der Waals surface area contributed by atoms with Crippen LogP contribution < -0.4 is 0 Å². The second-order valence-corrected chi connectivity index (χ2v) is 7.44. The molecule has 1 aromatic carbocycles. The summed E-state index contributed by atoms with van der Waals surface area (Å²) in [7, 11) is 0. The van der Waals surface area contributed by atoms with Crippen molar-refractivity contribution in [2.75, 3.05) is 13.1 Å². The van der Waals surface area contributed by atoms with E-state index in [2.05, 4.69) is 14.9 Å². The van der Waals surface area contributed by atoms with E-state index in [1.165, 1.54) is 0 Å². The van der Waals surface area contributed by atoms with E-state index in [9.17, 15) is 4.79 Å². The first-order chi connectivity index (χ1) is 11.7. The number of halogens is 1. The first-order valence-corrected chi connectivity index (χ1v) is 9.11. The average Bonchev–Trinajstić information content (AvgIpc) is 3.10. The van der Waals surface area contributed by atoms with Crippen LogP contribution >= 0.6 is 11.6 Å². The molecule has 2 fully saturated rings. The third kappa shape index (κ3) is 2.63. The Morgan fingerprint density at radius 1 is 1.25 bits per heavy atom. The highest BCUT2D eigenvalue weighted by Gasteiger charge is 2.48. The van der Waals surface area contributed by atoms with Gasteiger partial charge in [0.25, 0.3) is 0 Å². The van der Waals surface area contributed by atoms with E-state index in [1.807, 2.05) is 30.5 Å². The highest BCUT2D eigenvalue weighted by atomic mass is 35.5. The normalized spacial score (nSPS) is 22.9. The molecular weight excluding hydrogens is 322 g/mol. The van der Waals surface area contributed by atoms with E-state index in [0.29, 0.717) is 5.92 Å². The lowest BCUT2D eigenvalue weighted by atomic mass is 9.63. The molecule has 1 aliphatic heterocycles. The predicted molar refractivity (Wildman–Crippen MR) is 94.1 cm³/mol. The number of aromatic nitrogens is 2. The predicted octanol–water partition coefficient (Wildman–Crippen LogP) is 3.89. The topological polar surface area (TPSA) is 49.0 Å². The number of carbonyl (C=O) groups is 1. The molecule has 0 bridgehead atoms. The number of likely N-dealkylation sites (tertiary alicyclic amines) is 1. The monoisotopic (exact) mass is 343 g/mol. The summed E-state index contributed by atoms with van der Waals surface area (Å²) in [5, 5.41) is 0.719. The van der Waals surface area contributed by atoms with Crippen LogP contribution in [0.15, 0.2) is 36.7 Å². The van der Waals surface area contributed by atoms with E-state index in [0.717, 1.165) is 61.6 Å². The Kier molecular flexibility index (Phi) is 4.09. The number of carbonyl (C=O) groups excluding carboxylic acids is 1. The summed E-state index contributed by atoms with van der Waals surface area (Å²) in [6, 6.07) is 7.83. The summed E-state index contributed by atoms with van der Waals surface area (Å²) in [6.45, 7) is 1.62. The molecule has 0 spiro atoms. The molecule has 24 heavy (non-hydrogen) atoms. The molecule has 1 amide bonds. The van der Waals surface area contributed by atoms with E-state index < -0.39 is 0 Å². The molecule has 2 aromatic rings. The summed E-state index contributed by atoms with van der Waals surface area (Å²) in [6.07, 6.45) is 8.77. The van der Waals surface area contributed by atoms with Gasteiger partial charge in [-0.25, -0.2) is 4.98 Å². The molecule has 1 saturated heterocycles. The molecule has 2 aliphatic rings. The third-order valence-corrected chi connectivity index (χ3v) is 5.88. The zero-order valence-corrected chi connectivity index (χ0v) is 14.4. The van der Waals surface area contributed by atoms with Crippen LogP contribution in [-0.4, -0.2) is 33.9 Å². The Balaban J connectivity index is 1.56. The van der Waals surface area contributed by atoms with Gasteiger partial charge < -0.3 is 9.88 Å². The molecule has 126 valence electrons. The lowest BCUT2D eigenvalue weighted by Gasteiger charge is -2.45. The Labute approximate surface area is 147 Å². The van der Waals surface area contributed by atoms with Crippen LogP contribution in [0.3, 0.4) is 0 Å². The fourth-order valence-electron chi connectivity index (χ4n) is 4.11. The summed E-state index contributed by atoms with van der Waals surface area (Å²) < 4.78 is 0. The van der Waals surface area contributed by atoms with Gasteiger partial charge in [-0.15, -0.1) is 0 Å². The van der Waals surface area contributed by atoms with Crippen LogP contribution in [0.5, 0.6) is 0 Å². The number of nitrogens with one attached hydrogen (secondary N) is 1. The van der Waals surface area contributed by atoms with E-state index in [4.69, 9.17) is 11.6 Å². The van der Waals surface area contributed by atoms with Gasteiger partial charge >= 0.3 is 0 Å². The maximum Gasteiger partial charge on any atom is 0.233 e. The number of hydrogen-bond acceptors (Lipinski definition) is 2. The van der Waals surface area contributed by atoms with Gasteiger partial charge in [0.2, 0.25) is 5.91 Å².